The van der Waals surface area contributed by atoms with Gasteiger partial charge in [0, 0.05) is 30.6 Å². The van der Waals surface area contributed by atoms with E-state index in [9.17, 15) is 4.39 Å². The zero-order chi connectivity index (χ0) is 21.1. The van der Waals surface area contributed by atoms with Gasteiger partial charge in [-0.25, -0.2) is 9.38 Å². The van der Waals surface area contributed by atoms with Crippen molar-refractivity contribution >= 4 is 6.21 Å². The van der Waals surface area contributed by atoms with Crippen LogP contribution in [0.4, 0.5) is 4.39 Å². The monoisotopic (exact) mass is 407 g/mol. The smallest absolute Gasteiger partial charge is 0.208 e. The van der Waals surface area contributed by atoms with Crippen molar-refractivity contribution in [2.75, 3.05) is 14.2 Å². The number of aromatic nitrogens is 4. The van der Waals surface area contributed by atoms with Crippen LogP contribution in [-0.2, 0) is 16.1 Å². The molecule has 1 aliphatic rings. The molecule has 1 unspecified atom stereocenters. The summed E-state index contributed by atoms with van der Waals surface area (Å²) in [6.45, 7) is 2.20. The number of ether oxygens (including phenoxy) is 2. The lowest BCUT2D eigenvalue weighted by Gasteiger charge is -2.20. The molecular formula is C22H22FN5O2. The van der Waals surface area contributed by atoms with E-state index in [-0.39, 0.29) is 11.9 Å². The molecule has 1 aliphatic heterocycles. The molecule has 0 aliphatic carbocycles. The third-order valence-corrected chi connectivity index (χ3v) is 4.97. The van der Waals surface area contributed by atoms with Gasteiger partial charge in [0.15, 0.2) is 11.6 Å². The number of hydrogen-bond acceptors (Lipinski definition) is 6. The van der Waals surface area contributed by atoms with Crippen molar-refractivity contribution in [3.8, 4) is 22.6 Å². The molecular weight excluding hydrogens is 385 g/mol. The molecule has 0 amide bonds. The summed E-state index contributed by atoms with van der Waals surface area (Å²) in [4.78, 5) is 8.92. The number of halogens is 1. The summed E-state index contributed by atoms with van der Waals surface area (Å²) in [7, 11) is 3.22. The van der Waals surface area contributed by atoms with Crippen LogP contribution in [0.25, 0.3) is 22.6 Å². The van der Waals surface area contributed by atoms with E-state index in [4.69, 9.17) is 9.47 Å². The number of benzene rings is 1. The van der Waals surface area contributed by atoms with Gasteiger partial charge in [-0.05, 0) is 55.3 Å². The van der Waals surface area contributed by atoms with E-state index in [1.54, 1.807) is 26.5 Å². The topological polar surface area (TPSA) is 74.4 Å². The summed E-state index contributed by atoms with van der Waals surface area (Å²) in [5.41, 5.74) is 3.32. The average Bonchev–Trinajstić information content (AvgIpc) is 3.18. The lowest BCUT2D eigenvalue weighted by Crippen LogP contribution is -2.17. The van der Waals surface area contributed by atoms with Gasteiger partial charge < -0.3 is 14.0 Å². The van der Waals surface area contributed by atoms with Gasteiger partial charge >= 0.3 is 0 Å². The minimum absolute atomic E-state index is 0.0573. The second-order valence-corrected chi connectivity index (χ2v) is 6.96. The van der Waals surface area contributed by atoms with Gasteiger partial charge in [-0.3, -0.25) is 4.98 Å². The Hall–Kier alpha value is -3.39. The lowest BCUT2D eigenvalue weighted by molar-refractivity contribution is 0.173. The molecule has 3 aromatic rings. The maximum atomic E-state index is 13.4. The Morgan fingerprint density at radius 1 is 1.17 bits per heavy atom. The van der Waals surface area contributed by atoms with E-state index in [0.717, 1.165) is 22.4 Å². The van der Waals surface area contributed by atoms with Gasteiger partial charge in [0.05, 0.1) is 18.8 Å². The summed E-state index contributed by atoms with van der Waals surface area (Å²) < 4.78 is 25.9. The molecule has 0 fully saturated rings. The Kier molecular flexibility index (Phi) is 5.67. The van der Waals surface area contributed by atoms with E-state index < -0.39 is 0 Å². The number of rotatable bonds is 6. The first kappa shape index (κ1) is 19.9. The molecule has 0 saturated heterocycles. The van der Waals surface area contributed by atoms with Crippen LogP contribution in [-0.4, -0.2) is 40.2 Å². The van der Waals surface area contributed by atoms with Crippen LogP contribution < -0.4 is 0 Å². The molecule has 0 spiro atoms. The summed E-state index contributed by atoms with van der Waals surface area (Å²) in [6.07, 6.45) is 6.22. The number of nitrogens with zero attached hydrogens (tertiary/aromatic N) is 5. The molecule has 0 bridgehead atoms. The number of aliphatic imine (C=N–C) groups is 1. The summed E-state index contributed by atoms with van der Waals surface area (Å²) >= 11 is 0. The highest BCUT2D eigenvalue weighted by atomic mass is 19.1. The zero-order valence-corrected chi connectivity index (χ0v) is 17.0. The number of allylic oxidation sites excluding steroid dienone is 1. The first-order valence-electron chi connectivity index (χ1n) is 9.54. The van der Waals surface area contributed by atoms with E-state index in [1.165, 1.54) is 12.1 Å². The molecule has 1 aromatic carbocycles. The first-order valence-corrected chi connectivity index (χ1v) is 9.54. The third kappa shape index (κ3) is 3.86. The minimum atomic E-state index is -0.258. The summed E-state index contributed by atoms with van der Waals surface area (Å²) in [6, 6.07) is 8.47. The Morgan fingerprint density at radius 3 is 2.67 bits per heavy atom. The molecule has 2 aromatic heterocycles. The quantitative estimate of drug-likeness (QED) is 0.615. The van der Waals surface area contributed by atoms with Crippen LogP contribution in [0.5, 0.6) is 0 Å². The minimum Gasteiger partial charge on any atom is -0.481 e. The Bertz CT molecular complexity index is 1110. The highest BCUT2D eigenvalue weighted by Gasteiger charge is 2.22. The first-order chi connectivity index (χ1) is 14.6. The van der Waals surface area contributed by atoms with Crippen molar-refractivity contribution in [2.24, 2.45) is 4.99 Å². The van der Waals surface area contributed by atoms with Crippen LogP contribution in [0.15, 0.2) is 53.5 Å². The predicted molar refractivity (Wildman–Crippen MR) is 111 cm³/mol. The van der Waals surface area contributed by atoms with Gasteiger partial charge in [0.1, 0.15) is 12.4 Å². The lowest BCUT2D eigenvalue weighted by atomic mass is 10.0. The van der Waals surface area contributed by atoms with Gasteiger partial charge in [-0.2, -0.15) is 0 Å². The van der Waals surface area contributed by atoms with Gasteiger partial charge in [-0.15, -0.1) is 10.2 Å². The Labute approximate surface area is 173 Å². The molecule has 0 N–H and O–H groups in total. The van der Waals surface area contributed by atoms with Crippen molar-refractivity contribution in [2.45, 2.75) is 26.0 Å². The molecule has 7 nitrogen and oxygen atoms in total. The second-order valence-electron chi connectivity index (χ2n) is 6.96. The van der Waals surface area contributed by atoms with Crippen molar-refractivity contribution in [1.82, 2.24) is 19.7 Å². The summed E-state index contributed by atoms with van der Waals surface area (Å²) in [5.74, 6) is 1.72. The molecule has 3 heterocycles. The van der Waals surface area contributed by atoms with Crippen molar-refractivity contribution in [3.05, 3.63) is 65.7 Å². The van der Waals surface area contributed by atoms with Gasteiger partial charge in [-0.1, -0.05) is 0 Å². The van der Waals surface area contributed by atoms with Crippen LogP contribution in [0.3, 0.4) is 0 Å². The standard InChI is InChI=1S/C22H22FN5O2/c1-14-10-16(23)5-7-18(14)19-8-4-15(11-24-19)22-27-26-20(13-29-2)28(22)17-6-9-21(30-3)25-12-17/h4-5,7-12,17H,6,13H2,1-3H3. The Balaban J connectivity index is 1.69. The van der Waals surface area contributed by atoms with Crippen LogP contribution in [0.2, 0.25) is 0 Å². The summed E-state index contributed by atoms with van der Waals surface area (Å²) in [5, 5.41) is 8.69. The van der Waals surface area contributed by atoms with E-state index in [2.05, 4.69) is 20.2 Å². The molecule has 154 valence electrons. The zero-order valence-electron chi connectivity index (χ0n) is 17.0. The second kappa shape index (κ2) is 8.54. The fraction of sp³-hybridized carbons (Fsp3) is 0.273. The molecule has 30 heavy (non-hydrogen) atoms. The number of pyridine rings is 1. The van der Waals surface area contributed by atoms with Crippen LogP contribution >= 0.6 is 0 Å². The molecule has 4 rings (SSSR count). The van der Waals surface area contributed by atoms with E-state index in [1.807, 2.05) is 35.9 Å². The third-order valence-electron chi connectivity index (χ3n) is 4.97. The fourth-order valence-corrected chi connectivity index (χ4v) is 3.50. The SMILES string of the molecule is COCc1nnc(-c2ccc(-c3ccc(F)cc3C)nc2)n1C1C=NC(OC)=CC1. The molecule has 0 radical (unpaired) electrons. The molecule has 8 heteroatoms. The molecule has 0 saturated carbocycles. The highest BCUT2D eigenvalue weighted by Crippen LogP contribution is 2.28. The van der Waals surface area contributed by atoms with Gasteiger partial charge in [0.25, 0.3) is 0 Å². The molecule has 1 atom stereocenters. The average molecular weight is 407 g/mol. The predicted octanol–water partition coefficient (Wildman–Crippen LogP) is 4.10. The fourth-order valence-electron chi connectivity index (χ4n) is 3.50. The number of aryl methyl sites for hydroxylation is 1. The van der Waals surface area contributed by atoms with Crippen molar-refractivity contribution < 1.29 is 13.9 Å². The Morgan fingerprint density at radius 2 is 2.03 bits per heavy atom. The number of hydrogen-bond donors (Lipinski definition) is 0. The van der Waals surface area contributed by atoms with Crippen molar-refractivity contribution in [3.63, 3.8) is 0 Å². The van der Waals surface area contributed by atoms with Crippen molar-refractivity contribution in [1.29, 1.82) is 0 Å². The largest absolute Gasteiger partial charge is 0.481 e. The van der Waals surface area contributed by atoms with E-state index in [0.29, 0.717) is 30.6 Å². The van der Waals surface area contributed by atoms with E-state index >= 15 is 0 Å². The number of methoxy groups -OCH3 is 2. The highest BCUT2D eigenvalue weighted by molar-refractivity contribution is 5.69. The van der Waals surface area contributed by atoms with Crippen LogP contribution in [0, 0.1) is 12.7 Å². The maximum absolute atomic E-state index is 13.4. The normalized spacial score (nSPS) is 15.9. The van der Waals surface area contributed by atoms with Crippen LogP contribution in [0.1, 0.15) is 23.9 Å². The maximum Gasteiger partial charge on any atom is 0.208 e. The van der Waals surface area contributed by atoms with Gasteiger partial charge in [0.2, 0.25) is 5.88 Å².